The van der Waals surface area contributed by atoms with E-state index in [1.165, 1.54) is 32.1 Å². The van der Waals surface area contributed by atoms with Gasteiger partial charge >= 0.3 is 0 Å². The number of carbonyl (C=O) groups is 1. The fourth-order valence-corrected chi connectivity index (χ4v) is 3.05. The zero-order chi connectivity index (χ0) is 14.4. The zero-order valence-corrected chi connectivity index (χ0v) is 12.4. The van der Waals surface area contributed by atoms with Crippen molar-refractivity contribution in [3.63, 3.8) is 0 Å². The van der Waals surface area contributed by atoms with Gasteiger partial charge in [0, 0.05) is 5.92 Å². The average Bonchev–Trinajstić information content (AvgIpc) is 2.48. The van der Waals surface area contributed by atoms with Crippen LogP contribution >= 0.6 is 0 Å². The maximum absolute atomic E-state index is 12.3. The van der Waals surface area contributed by atoms with Crippen LogP contribution in [0.1, 0.15) is 51.9 Å². The highest BCUT2D eigenvalue weighted by atomic mass is 16.1. The molecule has 110 valence electrons. The smallest absolute Gasteiger partial charge is 0.227 e. The van der Waals surface area contributed by atoms with Crippen LogP contribution in [-0.4, -0.2) is 5.91 Å². The molecule has 1 aliphatic carbocycles. The number of rotatable bonds is 5. The first-order valence-corrected chi connectivity index (χ1v) is 7.86. The molecule has 0 spiro atoms. The second-order valence-corrected chi connectivity index (χ2v) is 5.94. The molecule has 0 aliphatic heterocycles. The van der Waals surface area contributed by atoms with E-state index in [4.69, 9.17) is 5.73 Å². The second kappa shape index (κ2) is 7.32. The lowest BCUT2D eigenvalue weighted by molar-refractivity contribution is -0.121. The van der Waals surface area contributed by atoms with Gasteiger partial charge in [-0.1, -0.05) is 38.3 Å². The third kappa shape index (κ3) is 3.99. The van der Waals surface area contributed by atoms with Gasteiger partial charge in [0.1, 0.15) is 0 Å². The zero-order valence-electron chi connectivity index (χ0n) is 12.4. The minimum Gasteiger partial charge on any atom is -0.397 e. The number of hydrogen-bond acceptors (Lipinski definition) is 2. The number of nitrogens with two attached hydrogens (primary N) is 1. The monoisotopic (exact) mass is 274 g/mol. The van der Waals surface area contributed by atoms with Gasteiger partial charge in [0.2, 0.25) is 5.91 Å². The summed E-state index contributed by atoms with van der Waals surface area (Å²) in [7, 11) is 0. The number of para-hydroxylation sites is 2. The fraction of sp³-hybridized carbons (Fsp3) is 0.588. The van der Waals surface area contributed by atoms with E-state index in [0.717, 1.165) is 24.4 Å². The SMILES string of the molecule is CCCCC1CCC(C(=O)Nc2ccccc2N)CC1. The third-order valence-corrected chi connectivity index (χ3v) is 4.40. The number of anilines is 2. The van der Waals surface area contributed by atoms with E-state index in [2.05, 4.69) is 12.2 Å². The van der Waals surface area contributed by atoms with Crippen LogP contribution in [0.5, 0.6) is 0 Å². The number of carbonyl (C=O) groups excluding carboxylic acids is 1. The molecule has 3 heteroatoms. The minimum absolute atomic E-state index is 0.136. The van der Waals surface area contributed by atoms with Crippen molar-refractivity contribution >= 4 is 17.3 Å². The Labute approximate surface area is 121 Å². The summed E-state index contributed by atoms with van der Waals surface area (Å²) in [6.07, 6.45) is 8.36. The maximum atomic E-state index is 12.3. The highest BCUT2D eigenvalue weighted by Gasteiger charge is 2.26. The van der Waals surface area contributed by atoms with Crippen molar-refractivity contribution in [2.75, 3.05) is 11.1 Å². The van der Waals surface area contributed by atoms with Gasteiger partial charge in [-0.2, -0.15) is 0 Å². The lowest BCUT2D eigenvalue weighted by atomic mass is 9.79. The molecule has 1 aliphatic rings. The van der Waals surface area contributed by atoms with E-state index in [9.17, 15) is 4.79 Å². The van der Waals surface area contributed by atoms with Crippen molar-refractivity contribution in [1.29, 1.82) is 0 Å². The Morgan fingerprint density at radius 1 is 1.25 bits per heavy atom. The predicted octanol–water partition coefficient (Wildman–Crippen LogP) is 4.20. The summed E-state index contributed by atoms with van der Waals surface area (Å²) in [5, 5.41) is 2.97. The van der Waals surface area contributed by atoms with Crippen molar-refractivity contribution in [2.24, 2.45) is 11.8 Å². The van der Waals surface area contributed by atoms with Gasteiger partial charge in [-0.05, 0) is 43.7 Å². The Bertz CT molecular complexity index is 436. The summed E-state index contributed by atoms with van der Waals surface area (Å²) in [4.78, 5) is 12.3. The molecular formula is C17H26N2O. The van der Waals surface area contributed by atoms with Crippen LogP contribution < -0.4 is 11.1 Å². The number of amides is 1. The Hall–Kier alpha value is -1.51. The van der Waals surface area contributed by atoms with Gasteiger partial charge in [-0.15, -0.1) is 0 Å². The quantitative estimate of drug-likeness (QED) is 0.790. The van der Waals surface area contributed by atoms with Gasteiger partial charge in [0.15, 0.2) is 0 Å². The topological polar surface area (TPSA) is 55.1 Å². The summed E-state index contributed by atoms with van der Waals surface area (Å²) in [6.45, 7) is 2.24. The number of nitrogens with one attached hydrogen (secondary N) is 1. The second-order valence-electron chi connectivity index (χ2n) is 5.94. The first kappa shape index (κ1) is 14.9. The van der Waals surface area contributed by atoms with E-state index < -0.39 is 0 Å². The number of hydrogen-bond donors (Lipinski definition) is 2. The van der Waals surface area contributed by atoms with E-state index in [0.29, 0.717) is 5.69 Å². The Morgan fingerprint density at radius 3 is 2.60 bits per heavy atom. The molecule has 0 unspecified atom stereocenters. The van der Waals surface area contributed by atoms with Gasteiger partial charge in [-0.25, -0.2) is 0 Å². The molecule has 0 saturated heterocycles. The molecule has 3 nitrogen and oxygen atoms in total. The molecule has 0 heterocycles. The molecule has 0 bridgehead atoms. The van der Waals surface area contributed by atoms with Gasteiger partial charge < -0.3 is 11.1 Å². The Balaban J connectivity index is 1.82. The minimum atomic E-state index is 0.136. The largest absolute Gasteiger partial charge is 0.397 e. The highest BCUT2D eigenvalue weighted by molar-refractivity contribution is 5.95. The van der Waals surface area contributed by atoms with Crippen molar-refractivity contribution in [1.82, 2.24) is 0 Å². The molecule has 0 radical (unpaired) electrons. The van der Waals surface area contributed by atoms with Crippen LogP contribution in [0.25, 0.3) is 0 Å². The van der Waals surface area contributed by atoms with Crippen LogP contribution in [0.3, 0.4) is 0 Å². The molecule has 0 aromatic heterocycles. The summed E-state index contributed by atoms with van der Waals surface area (Å²) < 4.78 is 0. The molecule has 20 heavy (non-hydrogen) atoms. The molecule has 1 fully saturated rings. The Morgan fingerprint density at radius 2 is 1.95 bits per heavy atom. The van der Waals surface area contributed by atoms with Crippen LogP contribution in [0.2, 0.25) is 0 Å². The standard InChI is InChI=1S/C17H26N2O/c1-2-3-6-13-9-11-14(12-10-13)17(20)19-16-8-5-4-7-15(16)18/h4-5,7-8,13-14H,2-3,6,9-12,18H2,1H3,(H,19,20). The van der Waals surface area contributed by atoms with Gasteiger partial charge in [0.05, 0.1) is 11.4 Å². The normalized spacial score (nSPS) is 22.4. The molecular weight excluding hydrogens is 248 g/mol. The van der Waals surface area contributed by atoms with Crippen molar-refractivity contribution in [3.05, 3.63) is 24.3 Å². The summed E-state index contributed by atoms with van der Waals surface area (Å²) in [5.41, 5.74) is 7.24. The summed E-state index contributed by atoms with van der Waals surface area (Å²) >= 11 is 0. The van der Waals surface area contributed by atoms with Gasteiger partial charge in [0.25, 0.3) is 0 Å². The van der Waals surface area contributed by atoms with Crippen molar-refractivity contribution in [3.8, 4) is 0 Å². The number of nitrogen functional groups attached to an aromatic ring is 1. The molecule has 3 N–H and O–H groups in total. The highest BCUT2D eigenvalue weighted by Crippen LogP contribution is 2.32. The number of benzene rings is 1. The number of unbranched alkanes of at least 4 members (excludes halogenated alkanes) is 1. The molecule has 2 rings (SSSR count). The van der Waals surface area contributed by atoms with E-state index in [1.807, 2.05) is 24.3 Å². The van der Waals surface area contributed by atoms with E-state index in [-0.39, 0.29) is 11.8 Å². The van der Waals surface area contributed by atoms with E-state index in [1.54, 1.807) is 0 Å². The molecule has 1 amide bonds. The fourth-order valence-electron chi connectivity index (χ4n) is 3.05. The predicted molar refractivity (Wildman–Crippen MR) is 84.5 cm³/mol. The Kier molecular flexibility index (Phi) is 5.45. The van der Waals surface area contributed by atoms with E-state index >= 15 is 0 Å². The average molecular weight is 274 g/mol. The van der Waals surface area contributed by atoms with Crippen LogP contribution in [-0.2, 0) is 4.79 Å². The molecule has 0 atom stereocenters. The lowest BCUT2D eigenvalue weighted by Crippen LogP contribution is -2.27. The molecule has 1 aromatic rings. The third-order valence-electron chi connectivity index (χ3n) is 4.40. The first-order valence-electron chi connectivity index (χ1n) is 7.86. The summed E-state index contributed by atoms with van der Waals surface area (Å²) in [5.74, 6) is 1.13. The first-order chi connectivity index (χ1) is 9.70. The summed E-state index contributed by atoms with van der Waals surface area (Å²) in [6, 6.07) is 7.45. The lowest BCUT2D eigenvalue weighted by Gasteiger charge is -2.27. The molecule has 1 aromatic carbocycles. The molecule has 1 saturated carbocycles. The maximum Gasteiger partial charge on any atom is 0.227 e. The van der Waals surface area contributed by atoms with Crippen molar-refractivity contribution in [2.45, 2.75) is 51.9 Å². The van der Waals surface area contributed by atoms with Crippen molar-refractivity contribution < 1.29 is 4.79 Å². The van der Waals surface area contributed by atoms with Crippen LogP contribution in [0.15, 0.2) is 24.3 Å². The van der Waals surface area contributed by atoms with Gasteiger partial charge in [-0.3, -0.25) is 4.79 Å². The van der Waals surface area contributed by atoms with Crippen LogP contribution in [0, 0.1) is 11.8 Å². The van der Waals surface area contributed by atoms with Crippen LogP contribution in [0.4, 0.5) is 11.4 Å².